The number of rotatable bonds is 5. The van der Waals surface area contributed by atoms with Crippen molar-refractivity contribution in [3.05, 3.63) is 42.5 Å². The first-order chi connectivity index (χ1) is 10.6. The Bertz CT molecular complexity index is 663. The lowest BCUT2D eigenvalue weighted by Crippen LogP contribution is -2.31. The highest BCUT2D eigenvalue weighted by Crippen LogP contribution is 2.22. The van der Waals surface area contributed by atoms with Gasteiger partial charge in [-0.25, -0.2) is 4.79 Å². The summed E-state index contributed by atoms with van der Waals surface area (Å²) in [5, 5.41) is 7.47. The molecule has 0 unspecified atom stereocenters. The Morgan fingerprint density at radius 3 is 2.59 bits per heavy atom. The zero-order valence-corrected chi connectivity index (χ0v) is 12.8. The summed E-state index contributed by atoms with van der Waals surface area (Å²) in [6.07, 6.45) is 0.0122. The van der Waals surface area contributed by atoms with Crippen LogP contribution in [0.4, 0.5) is 10.5 Å². The maximum absolute atomic E-state index is 11.9. The van der Waals surface area contributed by atoms with Gasteiger partial charge in [-0.3, -0.25) is 4.79 Å². The monoisotopic (exact) mass is 300 g/mol. The van der Waals surface area contributed by atoms with E-state index in [2.05, 4.69) is 10.6 Å². The van der Waals surface area contributed by atoms with E-state index in [4.69, 9.17) is 4.74 Å². The average molecular weight is 300 g/mol. The molecule has 0 aliphatic carbocycles. The number of amides is 2. The number of fused-ring (bicyclic) bond motifs is 1. The highest BCUT2D eigenvalue weighted by molar-refractivity contribution is 6.01. The molecule has 5 heteroatoms. The van der Waals surface area contributed by atoms with Gasteiger partial charge in [0.2, 0.25) is 0 Å². The topological polar surface area (TPSA) is 67.4 Å². The van der Waals surface area contributed by atoms with Crippen molar-refractivity contribution in [2.24, 2.45) is 0 Å². The minimum atomic E-state index is -0.339. The van der Waals surface area contributed by atoms with Crippen LogP contribution in [-0.4, -0.2) is 24.6 Å². The molecule has 2 aromatic rings. The van der Waals surface area contributed by atoms with Crippen LogP contribution in [0.1, 0.15) is 20.3 Å². The molecule has 2 aromatic carbocycles. The Kier molecular flexibility index (Phi) is 5.36. The van der Waals surface area contributed by atoms with Crippen LogP contribution < -0.4 is 10.6 Å². The van der Waals surface area contributed by atoms with Gasteiger partial charge in [0.25, 0.3) is 0 Å². The SMILES string of the molecule is CC(C)OC(=O)CCNC(=O)Nc1cccc2ccccc12. The van der Waals surface area contributed by atoms with Gasteiger partial charge in [-0.1, -0.05) is 36.4 Å². The maximum Gasteiger partial charge on any atom is 0.319 e. The Balaban J connectivity index is 1.88. The van der Waals surface area contributed by atoms with Gasteiger partial charge in [-0.2, -0.15) is 0 Å². The number of hydrogen-bond acceptors (Lipinski definition) is 3. The number of urea groups is 1. The summed E-state index contributed by atoms with van der Waals surface area (Å²) in [6, 6.07) is 13.2. The van der Waals surface area contributed by atoms with Crippen molar-refractivity contribution in [1.29, 1.82) is 0 Å². The molecule has 0 saturated carbocycles. The van der Waals surface area contributed by atoms with Crippen LogP contribution in [0.2, 0.25) is 0 Å². The van der Waals surface area contributed by atoms with E-state index in [1.165, 1.54) is 0 Å². The third-order valence-corrected chi connectivity index (χ3v) is 3.02. The highest BCUT2D eigenvalue weighted by Gasteiger charge is 2.08. The predicted octanol–water partition coefficient (Wildman–Crippen LogP) is 3.30. The lowest BCUT2D eigenvalue weighted by Gasteiger charge is -2.11. The fourth-order valence-corrected chi connectivity index (χ4v) is 2.10. The Labute approximate surface area is 129 Å². The molecular weight excluding hydrogens is 280 g/mol. The molecule has 2 amide bonds. The summed E-state index contributed by atoms with van der Waals surface area (Å²) < 4.78 is 5.00. The van der Waals surface area contributed by atoms with E-state index in [0.717, 1.165) is 16.5 Å². The summed E-state index contributed by atoms with van der Waals surface area (Å²) in [4.78, 5) is 23.3. The molecule has 0 radical (unpaired) electrons. The normalized spacial score (nSPS) is 10.5. The van der Waals surface area contributed by atoms with E-state index in [1.54, 1.807) is 13.8 Å². The first-order valence-electron chi connectivity index (χ1n) is 7.28. The molecular formula is C17H20N2O3. The van der Waals surface area contributed by atoms with E-state index >= 15 is 0 Å². The zero-order valence-electron chi connectivity index (χ0n) is 12.8. The van der Waals surface area contributed by atoms with Gasteiger partial charge in [-0.05, 0) is 25.3 Å². The smallest absolute Gasteiger partial charge is 0.319 e. The minimum Gasteiger partial charge on any atom is -0.463 e. The summed E-state index contributed by atoms with van der Waals surface area (Å²) >= 11 is 0. The van der Waals surface area contributed by atoms with Crippen molar-refractivity contribution in [3.8, 4) is 0 Å². The third kappa shape index (κ3) is 4.48. The molecule has 0 aliphatic rings. The number of hydrogen-bond donors (Lipinski definition) is 2. The van der Waals surface area contributed by atoms with E-state index in [-0.39, 0.29) is 31.1 Å². The number of carbonyl (C=O) groups is 2. The van der Waals surface area contributed by atoms with Crippen LogP contribution in [0.25, 0.3) is 10.8 Å². The number of anilines is 1. The Morgan fingerprint density at radius 2 is 1.82 bits per heavy atom. The van der Waals surface area contributed by atoms with Crippen LogP contribution in [-0.2, 0) is 9.53 Å². The van der Waals surface area contributed by atoms with E-state index in [1.807, 2.05) is 42.5 Å². The highest BCUT2D eigenvalue weighted by atomic mass is 16.5. The molecule has 0 atom stereocenters. The van der Waals surface area contributed by atoms with Crippen LogP contribution >= 0.6 is 0 Å². The third-order valence-electron chi connectivity index (χ3n) is 3.02. The van der Waals surface area contributed by atoms with Crippen molar-refractivity contribution >= 4 is 28.5 Å². The minimum absolute atomic E-state index is 0.142. The fourth-order valence-electron chi connectivity index (χ4n) is 2.10. The van der Waals surface area contributed by atoms with Crippen molar-refractivity contribution < 1.29 is 14.3 Å². The van der Waals surface area contributed by atoms with Gasteiger partial charge in [-0.15, -0.1) is 0 Å². The zero-order chi connectivity index (χ0) is 15.9. The summed E-state index contributed by atoms with van der Waals surface area (Å²) in [5.74, 6) is -0.319. The number of benzene rings is 2. The number of nitrogens with one attached hydrogen (secondary N) is 2. The first kappa shape index (κ1) is 15.8. The van der Waals surface area contributed by atoms with Crippen LogP contribution in [0, 0.1) is 0 Å². The molecule has 0 fully saturated rings. The van der Waals surface area contributed by atoms with E-state index < -0.39 is 0 Å². The van der Waals surface area contributed by atoms with E-state index in [0.29, 0.717) is 0 Å². The van der Waals surface area contributed by atoms with Crippen molar-refractivity contribution in [2.45, 2.75) is 26.4 Å². The number of esters is 1. The molecule has 0 bridgehead atoms. The number of ether oxygens (including phenoxy) is 1. The fraction of sp³-hybridized carbons (Fsp3) is 0.294. The quantitative estimate of drug-likeness (QED) is 0.833. The second-order valence-electron chi connectivity index (χ2n) is 5.20. The van der Waals surface area contributed by atoms with Gasteiger partial charge in [0.1, 0.15) is 0 Å². The molecule has 5 nitrogen and oxygen atoms in total. The van der Waals surface area contributed by atoms with Gasteiger partial charge in [0.05, 0.1) is 18.2 Å². The largest absolute Gasteiger partial charge is 0.463 e. The van der Waals surface area contributed by atoms with Crippen LogP contribution in [0.3, 0.4) is 0 Å². The van der Waals surface area contributed by atoms with Crippen molar-refractivity contribution in [2.75, 3.05) is 11.9 Å². The van der Waals surface area contributed by atoms with Crippen LogP contribution in [0.15, 0.2) is 42.5 Å². The molecule has 0 spiro atoms. The summed E-state index contributed by atoms with van der Waals surface area (Å²) in [5.41, 5.74) is 0.736. The van der Waals surface area contributed by atoms with Gasteiger partial charge in [0.15, 0.2) is 0 Å². The molecule has 0 aromatic heterocycles. The lowest BCUT2D eigenvalue weighted by molar-refractivity contribution is -0.147. The van der Waals surface area contributed by atoms with Gasteiger partial charge >= 0.3 is 12.0 Å². The van der Waals surface area contributed by atoms with Gasteiger partial charge < -0.3 is 15.4 Å². The summed E-state index contributed by atoms with van der Waals surface area (Å²) in [6.45, 7) is 3.82. The second-order valence-corrected chi connectivity index (χ2v) is 5.20. The first-order valence-corrected chi connectivity index (χ1v) is 7.28. The molecule has 0 heterocycles. The molecule has 2 rings (SSSR count). The standard InChI is InChI=1S/C17H20N2O3/c1-12(2)22-16(20)10-11-18-17(21)19-15-9-5-7-13-6-3-4-8-14(13)15/h3-9,12H,10-11H2,1-2H3,(H2,18,19,21). The predicted molar refractivity (Wildman–Crippen MR) is 86.8 cm³/mol. The molecule has 0 saturated heterocycles. The van der Waals surface area contributed by atoms with Crippen molar-refractivity contribution in [1.82, 2.24) is 5.32 Å². The Hall–Kier alpha value is -2.56. The molecule has 0 aliphatic heterocycles. The van der Waals surface area contributed by atoms with E-state index in [9.17, 15) is 9.59 Å². The molecule has 116 valence electrons. The second kappa shape index (κ2) is 7.45. The van der Waals surface area contributed by atoms with Crippen molar-refractivity contribution in [3.63, 3.8) is 0 Å². The Morgan fingerprint density at radius 1 is 1.09 bits per heavy atom. The molecule has 2 N–H and O–H groups in total. The summed E-state index contributed by atoms with van der Waals surface area (Å²) in [7, 11) is 0. The van der Waals surface area contributed by atoms with Gasteiger partial charge in [0, 0.05) is 11.9 Å². The average Bonchev–Trinajstić information content (AvgIpc) is 2.47. The van der Waals surface area contributed by atoms with Crippen LogP contribution in [0.5, 0.6) is 0 Å². The maximum atomic E-state index is 11.9. The molecule has 22 heavy (non-hydrogen) atoms. The lowest BCUT2D eigenvalue weighted by atomic mass is 10.1. The number of carbonyl (C=O) groups excluding carboxylic acids is 2.